The van der Waals surface area contributed by atoms with Crippen LogP contribution in [0.25, 0.3) is 0 Å². The number of methoxy groups -OCH3 is 1. The molecule has 0 aliphatic carbocycles. The highest BCUT2D eigenvalue weighted by atomic mass is 16.5. The molecule has 21 heavy (non-hydrogen) atoms. The van der Waals surface area contributed by atoms with E-state index in [4.69, 9.17) is 4.74 Å². The van der Waals surface area contributed by atoms with E-state index in [9.17, 15) is 4.79 Å². The zero-order chi connectivity index (χ0) is 15.2. The highest BCUT2D eigenvalue weighted by Gasteiger charge is 2.12. The number of aromatic nitrogens is 1. The molecule has 0 saturated carbocycles. The van der Waals surface area contributed by atoms with Crippen LogP contribution in [0.3, 0.4) is 0 Å². The van der Waals surface area contributed by atoms with Crippen LogP contribution in [0, 0.1) is 6.92 Å². The minimum Gasteiger partial charge on any atom is -0.497 e. The number of nitrogens with one attached hydrogen (secondary N) is 1. The van der Waals surface area contributed by atoms with Crippen molar-refractivity contribution in [2.75, 3.05) is 13.7 Å². The molecule has 0 radical (unpaired) electrons. The molecule has 1 atom stereocenters. The average molecular weight is 286 g/mol. The lowest BCUT2D eigenvalue weighted by molar-refractivity contribution is 0.413. The fraction of sp³-hybridized carbons (Fsp3) is 0.353. The quantitative estimate of drug-likeness (QED) is 0.887. The number of aryl methyl sites for hydroxylation is 1. The standard InChI is InChI=1S/C17H22N2O2/c1-4-18-16(14-5-7-15(21-3)8-6-14)12-19-10-9-13(2)11-17(19)20/h5-11,16,18H,4,12H2,1-3H3. The summed E-state index contributed by atoms with van der Waals surface area (Å²) in [4.78, 5) is 12.0. The molecule has 0 saturated heterocycles. The molecule has 1 aromatic heterocycles. The van der Waals surface area contributed by atoms with E-state index in [0.29, 0.717) is 6.54 Å². The van der Waals surface area contributed by atoms with E-state index < -0.39 is 0 Å². The van der Waals surface area contributed by atoms with Crippen molar-refractivity contribution >= 4 is 0 Å². The van der Waals surface area contributed by atoms with E-state index in [1.165, 1.54) is 0 Å². The van der Waals surface area contributed by atoms with Crippen molar-refractivity contribution in [2.24, 2.45) is 0 Å². The normalized spacial score (nSPS) is 12.1. The van der Waals surface area contributed by atoms with Crippen LogP contribution in [-0.2, 0) is 6.54 Å². The molecule has 1 unspecified atom stereocenters. The summed E-state index contributed by atoms with van der Waals surface area (Å²) in [5, 5.41) is 3.43. The van der Waals surface area contributed by atoms with Crippen LogP contribution >= 0.6 is 0 Å². The van der Waals surface area contributed by atoms with Crippen molar-refractivity contribution in [3.63, 3.8) is 0 Å². The Labute approximate surface area is 125 Å². The average Bonchev–Trinajstić information content (AvgIpc) is 2.49. The Balaban J connectivity index is 2.23. The van der Waals surface area contributed by atoms with E-state index in [-0.39, 0.29) is 11.6 Å². The molecule has 4 nitrogen and oxygen atoms in total. The summed E-state index contributed by atoms with van der Waals surface area (Å²) in [6.45, 7) is 5.45. The van der Waals surface area contributed by atoms with Gasteiger partial charge in [-0.3, -0.25) is 4.79 Å². The van der Waals surface area contributed by atoms with Crippen molar-refractivity contribution in [3.8, 4) is 5.75 Å². The summed E-state index contributed by atoms with van der Waals surface area (Å²) >= 11 is 0. The second-order valence-electron chi connectivity index (χ2n) is 5.08. The van der Waals surface area contributed by atoms with E-state index in [0.717, 1.165) is 23.4 Å². The molecule has 2 aromatic rings. The Morgan fingerprint density at radius 2 is 1.95 bits per heavy atom. The molecule has 4 heteroatoms. The molecular weight excluding hydrogens is 264 g/mol. The second kappa shape index (κ2) is 7.09. The summed E-state index contributed by atoms with van der Waals surface area (Å²) in [5.41, 5.74) is 2.16. The maximum atomic E-state index is 12.0. The fourth-order valence-electron chi connectivity index (χ4n) is 2.32. The third-order valence-corrected chi connectivity index (χ3v) is 3.50. The number of pyridine rings is 1. The van der Waals surface area contributed by atoms with Crippen LogP contribution in [0.2, 0.25) is 0 Å². The van der Waals surface area contributed by atoms with Gasteiger partial charge in [0.05, 0.1) is 13.2 Å². The first-order chi connectivity index (χ1) is 10.1. The van der Waals surface area contributed by atoms with Gasteiger partial charge in [-0.05, 0) is 42.8 Å². The number of nitrogens with zero attached hydrogens (tertiary/aromatic N) is 1. The third kappa shape index (κ3) is 3.95. The number of hydrogen-bond donors (Lipinski definition) is 1. The van der Waals surface area contributed by atoms with E-state index in [2.05, 4.69) is 12.2 Å². The summed E-state index contributed by atoms with van der Waals surface area (Å²) in [6, 6.07) is 11.7. The van der Waals surface area contributed by atoms with Gasteiger partial charge in [-0.2, -0.15) is 0 Å². The predicted octanol–water partition coefficient (Wildman–Crippen LogP) is 2.52. The van der Waals surface area contributed by atoms with Crippen molar-refractivity contribution in [3.05, 3.63) is 64.1 Å². The molecule has 1 heterocycles. The zero-order valence-electron chi connectivity index (χ0n) is 12.8. The first-order valence-corrected chi connectivity index (χ1v) is 7.18. The predicted molar refractivity (Wildman–Crippen MR) is 84.9 cm³/mol. The Hall–Kier alpha value is -2.07. The fourth-order valence-corrected chi connectivity index (χ4v) is 2.32. The van der Waals surface area contributed by atoms with Crippen LogP contribution in [0.5, 0.6) is 5.75 Å². The minimum absolute atomic E-state index is 0.0337. The molecule has 0 amide bonds. The maximum absolute atomic E-state index is 12.0. The summed E-state index contributed by atoms with van der Waals surface area (Å²) < 4.78 is 6.92. The molecule has 1 aromatic carbocycles. The second-order valence-corrected chi connectivity index (χ2v) is 5.08. The first-order valence-electron chi connectivity index (χ1n) is 7.18. The SMILES string of the molecule is CCNC(Cn1ccc(C)cc1=O)c1ccc(OC)cc1. The van der Waals surface area contributed by atoms with E-state index in [1.54, 1.807) is 17.7 Å². The Kier molecular flexibility index (Phi) is 5.17. The molecule has 0 spiro atoms. The molecule has 112 valence electrons. The van der Waals surface area contributed by atoms with Crippen LogP contribution in [0.1, 0.15) is 24.1 Å². The van der Waals surface area contributed by atoms with Gasteiger partial charge in [0, 0.05) is 18.8 Å². The molecule has 1 N–H and O–H groups in total. The molecule has 0 bridgehead atoms. The molecule has 0 fully saturated rings. The Morgan fingerprint density at radius 3 is 2.52 bits per heavy atom. The van der Waals surface area contributed by atoms with Gasteiger partial charge >= 0.3 is 0 Å². The number of rotatable bonds is 6. The van der Waals surface area contributed by atoms with E-state index in [1.807, 2.05) is 43.5 Å². The number of benzene rings is 1. The van der Waals surface area contributed by atoms with Crippen LogP contribution in [-0.4, -0.2) is 18.2 Å². The number of hydrogen-bond acceptors (Lipinski definition) is 3. The minimum atomic E-state index is 0.0337. The Bertz CT molecular complexity index is 632. The van der Waals surface area contributed by atoms with Gasteiger partial charge in [0.15, 0.2) is 0 Å². The van der Waals surface area contributed by atoms with E-state index >= 15 is 0 Å². The zero-order valence-corrected chi connectivity index (χ0v) is 12.8. The molecule has 0 aliphatic rings. The first kappa shape index (κ1) is 15.3. The van der Waals surface area contributed by atoms with Crippen molar-refractivity contribution < 1.29 is 4.74 Å². The maximum Gasteiger partial charge on any atom is 0.250 e. The van der Waals surface area contributed by atoms with Crippen LogP contribution < -0.4 is 15.6 Å². The Morgan fingerprint density at radius 1 is 1.24 bits per heavy atom. The third-order valence-electron chi connectivity index (χ3n) is 3.50. The topological polar surface area (TPSA) is 43.3 Å². The number of ether oxygens (including phenoxy) is 1. The lowest BCUT2D eigenvalue weighted by Crippen LogP contribution is -2.30. The van der Waals surface area contributed by atoms with Crippen molar-refractivity contribution in [1.29, 1.82) is 0 Å². The largest absolute Gasteiger partial charge is 0.497 e. The molecule has 0 aliphatic heterocycles. The number of likely N-dealkylation sites (N-methyl/N-ethyl adjacent to an activating group) is 1. The van der Waals surface area contributed by atoms with Gasteiger partial charge in [0.1, 0.15) is 5.75 Å². The lowest BCUT2D eigenvalue weighted by Gasteiger charge is -2.20. The van der Waals surface area contributed by atoms with Crippen molar-refractivity contribution in [1.82, 2.24) is 9.88 Å². The van der Waals surface area contributed by atoms with Crippen molar-refractivity contribution in [2.45, 2.75) is 26.4 Å². The van der Waals surface area contributed by atoms with Gasteiger partial charge in [0.2, 0.25) is 0 Å². The highest BCUT2D eigenvalue weighted by molar-refractivity contribution is 5.29. The summed E-state index contributed by atoms with van der Waals surface area (Å²) in [6.07, 6.45) is 1.85. The molecular formula is C17H22N2O2. The smallest absolute Gasteiger partial charge is 0.250 e. The van der Waals surface area contributed by atoms with Gasteiger partial charge < -0.3 is 14.6 Å². The summed E-state index contributed by atoms with van der Waals surface area (Å²) in [5.74, 6) is 0.835. The van der Waals surface area contributed by atoms with Gasteiger partial charge in [0.25, 0.3) is 5.56 Å². The molecule has 2 rings (SSSR count). The summed E-state index contributed by atoms with van der Waals surface area (Å²) in [7, 11) is 1.66. The van der Waals surface area contributed by atoms with Crippen LogP contribution in [0.15, 0.2) is 47.4 Å². The monoisotopic (exact) mass is 286 g/mol. The van der Waals surface area contributed by atoms with Gasteiger partial charge in [-0.15, -0.1) is 0 Å². The van der Waals surface area contributed by atoms with Crippen LogP contribution in [0.4, 0.5) is 0 Å². The lowest BCUT2D eigenvalue weighted by atomic mass is 10.1. The highest BCUT2D eigenvalue weighted by Crippen LogP contribution is 2.18. The van der Waals surface area contributed by atoms with Gasteiger partial charge in [-0.25, -0.2) is 0 Å². The van der Waals surface area contributed by atoms with Gasteiger partial charge in [-0.1, -0.05) is 19.1 Å².